The molecular weight excluding hydrogens is 267 g/mol. The van der Waals surface area contributed by atoms with Crippen molar-refractivity contribution in [3.8, 4) is 0 Å². The average molecular weight is 277 g/mol. The normalized spacial score (nSPS) is 11.9. The lowest BCUT2D eigenvalue weighted by Crippen LogP contribution is -2.20. The van der Waals surface area contributed by atoms with Crippen LogP contribution < -0.4 is 11.0 Å². The highest BCUT2D eigenvalue weighted by Crippen LogP contribution is 2.14. The molecular formula is C9H10F3N5O2. The van der Waals surface area contributed by atoms with Crippen LogP contribution in [0.3, 0.4) is 0 Å². The highest BCUT2D eigenvalue weighted by molar-refractivity contribution is 5.42. The minimum absolute atomic E-state index is 0.125. The van der Waals surface area contributed by atoms with Gasteiger partial charge in [-0.25, -0.2) is 9.89 Å². The van der Waals surface area contributed by atoms with Crippen molar-refractivity contribution in [2.75, 3.05) is 25.1 Å². The predicted molar refractivity (Wildman–Crippen MR) is 59.0 cm³/mol. The van der Waals surface area contributed by atoms with E-state index in [1.54, 1.807) is 12.1 Å². The number of anilines is 1. The Kier molecular flexibility index (Phi) is 3.69. The van der Waals surface area contributed by atoms with Gasteiger partial charge in [0.25, 0.3) is 0 Å². The molecule has 0 bridgehead atoms. The molecule has 2 heterocycles. The van der Waals surface area contributed by atoms with E-state index in [4.69, 9.17) is 0 Å². The zero-order chi connectivity index (χ0) is 13.9. The van der Waals surface area contributed by atoms with E-state index in [1.807, 2.05) is 0 Å². The molecule has 0 atom stereocenters. The quantitative estimate of drug-likeness (QED) is 0.773. The van der Waals surface area contributed by atoms with E-state index in [1.165, 1.54) is 0 Å². The number of aromatic amines is 1. The van der Waals surface area contributed by atoms with Crippen molar-refractivity contribution in [1.29, 1.82) is 0 Å². The van der Waals surface area contributed by atoms with Crippen molar-refractivity contribution in [2.45, 2.75) is 6.18 Å². The third-order valence-corrected chi connectivity index (χ3v) is 2.09. The van der Waals surface area contributed by atoms with Gasteiger partial charge < -0.3 is 10.1 Å². The fourth-order valence-corrected chi connectivity index (χ4v) is 1.34. The fraction of sp³-hybridized carbons (Fsp3) is 0.444. The third kappa shape index (κ3) is 3.68. The number of hydrogen-bond donors (Lipinski definition) is 2. The lowest BCUT2D eigenvalue weighted by atomic mass is 10.5. The van der Waals surface area contributed by atoms with Crippen LogP contribution in [0.15, 0.2) is 16.9 Å². The molecule has 0 aliphatic rings. The van der Waals surface area contributed by atoms with Crippen LogP contribution in [0.1, 0.15) is 0 Å². The van der Waals surface area contributed by atoms with E-state index in [0.29, 0.717) is 11.5 Å². The van der Waals surface area contributed by atoms with Gasteiger partial charge in [0.15, 0.2) is 5.65 Å². The molecule has 2 N–H and O–H groups in total. The first-order chi connectivity index (χ1) is 8.96. The van der Waals surface area contributed by atoms with Crippen molar-refractivity contribution in [1.82, 2.24) is 19.8 Å². The smallest absolute Gasteiger partial charge is 0.370 e. The van der Waals surface area contributed by atoms with Gasteiger partial charge in [0.05, 0.1) is 6.61 Å². The summed E-state index contributed by atoms with van der Waals surface area (Å²) in [6, 6.07) is 3.10. The van der Waals surface area contributed by atoms with Gasteiger partial charge >= 0.3 is 11.9 Å². The third-order valence-electron chi connectivity index (χ3n) is 2.09. The zero-order valence-electron chi connectivity index (χ0n) is 9.57. The van der Waals surface area contributed by atoms with Crippen LogP contribution in [0, 0.1) is 0 Å². The Morgan fingerprint density at radius 3 is 2.95 bits per heavy atom. The van der Waals surface area contributed by atoms with Gasteiger partial charge in [-0.15, -0.1) is 5.10 Å². The van der Waals surface area contributed by atoms with Gasteiger partial charge in [0.2, 0.25) is 0 Å². The number of fused-ring (bicyclic) bond motifs is 1. The van der Waals surface area contributed by atoms with Crippen LogP contribution in [0.2, 0.25) is 0 Å². The van der Waals surface area contributed by atoms with Gasteiger partial charge in [0, 0.05) is 6.54 Å². The standard InChI is InChI=1S/C9H10F3N5O2/c10-9(11,12)5-19-4-3-13-6-1-2-7-14-15-8(18)17(7)16-6/h1-2H,3-5H2,(H,13,16)(H,15,18). The molecule has 0 saturated carbocycles. The summed E-state index contributed by atoms with van der Waals surface area (Å²) in [4.78, 5) is 11.2. The number of ether oxygens (including phenoxy) is 1. The topological polar surface area (TPSA) is 84.3 Å². The van der Waals surface area contributed by atoms with Gasteiger partial charge in [-0.3, -0.25) is 0 Å². The van der Waals surface area contributed by atoms with Crippen LogP contribution in [0.5, 0.6) is 0 Å². The van der Waals surface area contributed by atoms with Crippen molar-refractivity contribution < 1.29 is 17.9 Å². The summed E-state index contributed by atoms with van der Waals surface area (Å²) < 4.78 is 40.8. The Labute approximate surface area is 104 Å². The molecule has 0 fully saturated rings. The van der Waals surface area contributed by atoms with E-state index < -0.39 is 18.5 Å². The number of rotatable bonds is 5. The summed E-state index contributed by atoms with van der Waals surface area (Å²) in [5.74, 6) is 0.339. The fourth-order valence-electron chi connectivity index (χ4n) is 1.34. The SMILES string of the molecule is O=c1[nH]nc2ccc(NCCOCC(F)(F)F)nn12. The monoisotopic (exact) mass is 277 g/mol. The van der Waals surface area contributed by atoms with Gasteiger partial charge in [-0.1, -0.05) is 0 Å². The first kappa shape index (κ1) is 13.3. The Bertz CT molecular complexity index is 606. The largest absolute Gasteiger partial charge is 0.411 e. The minimum atomic E-state index is -4.33. The second-order valence-electron chi connectivity index (χ2n) is 3.61. The summed E-state index contributed by atoms with van der Waals surface area (Å²) in [5.41, 5.74) is -0.143. The van der Waals surface area contributed by atoms with Gasteiger partial charge in [0.1, 0.15) is 12.4 Å². The maximum Gasteiger partial charge on any atom is 0.411 e. The first-order valence-electron chi connectivity index (χ1n) is 5.28. The van der Waals surface area contributed by atoms with Crippen molar-refractivity contribution in [3.05, 3.63) is 22.6 Å². The van der Waals surface area contributed by atoms with Crippen LogP contribution in [0.25, 0.3) is 5.65 Å². The summed E-state index contributed by atoms with van der Waals surface area (Å²) in [5, 5.41) is 12.5. The molecule has 0 radical (unpaired) electrons. The minimum Gasteiger partial charge on any atom is -0.370 e. The number of hydrogen-bond acceptors (Lipinski definition) is 5. The summed E-state index contributed by atoms with van der Waals surface area (Å²) >= 11 is 0. The molecule has 0 amide bonds. The molecule has 19 heavy (non-hydrogen) atoms. The molecule has 10 heteroatoms. The van der Waals surface area contributed by atoms with Crippen LogP contribution in [-0.2, 0) is 4.74 Å². The van der Waals surface area contributed by atoms with E-state index in [-0.39, 0.29) is 13.2 Å². The molecule has 0 saturated heterocycles. The van der Waals surface area contributed by atoms with E-state index in [0.717, 1.165) is 4.52 Å². The molecule has 0 aromatic carbocycles. The predicted octanol–water partition coefficient (Wildman–Crippen LogP) is 0.408. The van der Waals surface area contributed by atoms with E-state index >= 15 is 0 Å². The van der Waals surface area contributed by atoms with Crippen molar-refractivity contribution in [2.24, 2.45) is 0 Å². The Morgan fingerprint density at radius 1 is 1.42 bits per heavy atom. The first-order valence-corrected chi connectivity index (χ1v) is 5.28. The Morgan fingerprint density at radius 2 is 2.21 bits per heavy atom. The molecule has 0 spiro atoms. The van der Waals surface area contributed by atoms with Crippen LogP contribution >= 0.6 is 0 Å². The molecule has 2 rings (SSSR count). The maximum atomic E-state index is 11.8. The number of nitrogens with zero attached hydrogens (tertiary/aromatic N) is 3. The Hall–Kier alpha value is -2.10. The molecule has 0 unspecified atom stereocenters. The molecule has 2 aromatic rings. The second kappa shape index (κ2) is 5.26. The zero-order valence-corrected chi connectivity index (χ0v) is 9.57. The highest BCUT2D eigenvalue weighted by Gasteiger charge is 2.27. The number of aromatic nitrogens is 4. The summed E-state index contributed by atoms with van der Waals surface area (Å²) in [6.07, 6.45) is -4.33. The number of halogens is 3. The van der Waals surface area contributed by atoms with Gasteiger partial charge in [-0.2, -0.15) is 22.8 Å². The number of alkyl halides is 3. The highest BCUT2D eigenvalue weighted by atomic mass is 19.4. The number of H-pyrrole nitrogens is 1. The summed E-state index contributed by atoms with van der Waals surface area (Å²) in [6.45, 7) is -1.27. The lowest BCUT2D eigenvalue weighted by Gasteiger charge is -2.08. The Balaban J connectivity index is 1.85. The molecule has 104 valence electrons. The van der Waals surface area contributed by atoms with Crippen molar-refractivity contribution in [3.63, 3.8) is 0 Å². The van der Waals surface area contributed by atoms with Crippen molar-refractivity contribution >= 4 is 11.5 Å². The van der Waals surface area contributed by atoms with Crippen LogP contribution in [-0.4, -0.2) is 45.7 Å². The average Bonchev–Trinajstić information content (AvgIpc) is 2.69. The molecule has 7 nitrogen and oxygen atoms in total. The summed E-state index contributed by atoms with van der Waals surface area (Å²) in [7, 11) is 0. The molecule has 0 aliphatic heterocycles. The lowest BCUT2D eigenvalue weighted by molar-refractivity contribution is -0.172. The molecule has 0 aliphatic carbocycles. The molecule has 2 aromatic heterocycles. The number of nitrogens with one attached hydrogen (secondary N) is 2. The van der Waals surface area contributed by atoms with E-state index in [2.05, 4.69) is 25.3 Å². The van der Waals surface area contributed by atoms with Crippen LogP contribution in [0.4, 0.5) is 19.0 Å². The maximum absolute atomic E-state index is 11.8. The van der Waals surface area contributed by atoms with Gasteiger partial charge in [-0.05, 0) is 12.1 Å². The van der Waals surface area contributed by atoms with E-state index in [9.17, 15) is 18.0 Å². The second-order valence-corrected chi connectivity index (χ2v) is 3.61.